The Morgan fingerprint density at radius 2 is 1.92 bits per heavy atom. The number of imide groups is 1. The van der Waals surface area contributed by atoms with Gasteiger partial charge >= 0.3 is 0 Å². The maximum atomic E-state index is 10.0. The van der Waals surface area contributed by atoms with Crippen molar-refractivity contribution in [2.45, 2.75) is 0 Å². The molecule has 0 unspecified atom stereocenters. The number of aromatic nitrogens is 1. The maximum Gasteiger partial charge on any atom is 0.250 e. The van der Waals surface area contributed by atoms with E-state index in [0.29, 0.717) is 0 Å². The van der Waals surface area contributed by atoms with Crippen LogP contribution in [-0.4, -0.2) is 16.8 Å². The molecule has 0 aliphatic carbocycles. The van der Waals surface area contributed by atoms with Crippen molar-refractivity contribution in [3.63, 3.8) is 0 Å². The second-order valence-corrected chi connectivity index (χ2v) is 1.86. The minimum absolute atomic E-state index is 0.329. The summed E-state index contributed by atoms with van der Waals surface area (Å²) in [5, 5.41) is 2.03. The standard InChI is InChI=1S/C4H3NO2.C3H3NO/c6-3-1-2-4(7)5-3;1-2-5-3-4-1/h1-2H,(H,5,6,7);1-3H. The molecule has 5 heteroatoms. The highest BCUT2D eigenvalue weighted by atomic mass is 16.3. The first-order chi connectivity index (χ1) is 5.79. The van der Waals surface area contributed by atoms with E-state index in [-0.39, 0.29) is 11.8 Å². The van der Waals surface area contributed by atoms with Crippen LogP contribution < -0.4 is 5.32 Å². The second-order valence-electron chi connectivity index (χ2n) is 1.86. The Kier molecular flexibility index (Phi) is 2.78. The zero-order valence-electron chi connectivity index (χ0n) is 6.06. The molecule has 0 bridgehead atoms. The van der Waals surface area contributed by atoms with Gasteiger partial charge in [0, 0.05) is 12.2 Å². The van der Waals surface area contributed by atoms with Crippen molar-refractivity contribution in [1.82, 2.24) is 10.3 Å². The largest absolute Gasteiger partial charge is 0.452 e. The zero-order chi connectivity index (χ0) is 8.81. The number of oxazole rings is 1. The maximum absolute atomic E-state index is 10.0. The molecule has 1 aliphatic rings. The Morgan fingerprint density at radius 1 is 1.25 bits per heavy atom. The van der Waals surface area contributed by atoms with E-state index in [9.17, 15) is 9.59 Å². The fraction of sp³-hybridized carbons (Fsp3) is 0. The van der Waals surface area contributed by atoms with E-state index >= 15 is 0 Å². The normalized spacial score (nSPS) is 13.7. The number of nitrogens with one attached hydrogen (secondary N) is 1. The third kappa shape index (κ3) is 2.78. The van der Waals surface area contributed by atoms with Gasteiger partial charge in [0.1, 0.15) is 6.26 Å². The van der Waals surface area contributed by atoms with E-state index in [2.05, 4.69) is 9.40 Å². The van der Waals surface area contributed by atoms with Crippen LogP contribution in [0.5, 0.6) is 0 Å². The molecule has 1 aromatic rings. The first-order valence-corrected chi connectivity index (χ1v) is 3.14. The summed E-state index contributed by atoms with van der Waals surface area (Å²) in [7, 11) is 0. The molecular formula is C7H6N2O3. The average molecular weight is 166 g/mol. The van der Waals surface area contributed by atoms with Crippen molar-refractivity contribution >= 4 is 11.8 Å². The highest BCUT2D eigenvalue weighted by molar-refractivity contribution is 6.12. The van der Waals surface area contributed by atoms with Crippen LogP contribution in [0.25, 0.3) is 0 Å². The molecule has 0 spiro atoms. The van der Waals surface area contributed by atoms with Gasteiger partial charge in [0.05, 0.1) is 6.20 Å². The Bertz CT molecular complexity index is 256. The molecule has 0 radical (unpaired) electrons. The van der Waals surface area contributed by atoms with Crippen LogP contribution in [0.4, 0.5) is 0 Å². The molecule has 0 aromatic carbocycles. The molecular weight excluding hydrogens is 160 g/mol. The van der Waals surface area contributed by atoms with Crippen LogP contribution in [0.15, 0.2) is 35.4 Å². The third-order valence-corrected chi connectivity index (χ3v) is 0.980. The summed E-state index contributed by atoms with van der Waals surface area (Å²) in [4.78, 5) is 23.6. The minimum Gasteiger partial charge on any atom is -0.452 e. The first kappa shape index (κ1) is 8.19. The number of amides is 2. The van der Waals surface area contributed by atoms with Crippen LogP contribution in [0.3, 0.4) is 0 Å². The van der Waals surface area contributed by atoms with Gasteiger partial charge in [-0.1, -0.05) is 0 Å². The molecule has 0 atom stereocenters. The predicted molar refractivity (Wildman–Crippen MR) is 38.8 cm³/mol. The van der Waals surface area contributed by atoms with E-state index in [4.69, 9.17) is 0 Å². The number of nitrogens with zero attached hydrogens (tertiary/aromatic N) is 1. The van der Waals surface area contributed by atoms with Crippen LogP contribution in [0, 0.1) is 0 Å². The van der Waals surface area contributed by atoms with Gasteiger partial charge < -0.3 is 4.42 Å². The monoisotopic (exact) mass is 166 g/mol. The van der Waals surface area contributed by atoms with Crippen molar-refractivity contribution in [3.8, 4) is 0 Å². The zero-order valence-corrected chi connectivity index (χ0v) is 6.06. The first-order valence-electron chi connectivity index (χ1n) is 3.14. The number of rotatable bonds is 0. The molecule has 2 heterocycles. The van der Waals surface area contributed by atoms with Gasteiger partial charge in [-0.25, -0.2) is 4.98 Å². The van der Waals surface area contributed by atoms with Gasteiger partial charge in [0.2, 0.25) is 0 Å². The quantitative estimate of drug-likeness (QED) is 0.545. The number of carbonyl (C=O) groups excluding carboxylic acids is 2. The third-order valence-electron chi connectivity index (χ3n) is 0.980. The smallest absolute Gasteiger partial charge is 0.250 e. The Hall–Kier alpha value is -1.91. The van der Waals surface area contributed by atoms with Crippen LogP contribution in [-0.2, 0) is 9.59 Å². The SMILES string of the molecule is O=C1C=CC(=O)N1.c1cocn1. The summed E-state index contributed by atoms with van der Waals surface area (Å²) in [5.74, 6) is -0.657. The fourth-order valence-electron chi connectivity index (χ4n) is 0.532. The Morgan fingerprint density at radius 3 is 2.08 bits per heavy atom. The lowest BCUT2D eigenvalue weighted by molar-refractivity contribution is -0.123. The highest BCUT2D eigenvalue weighted by Gasteiger charge is 2.06. The summed E-state index contributed by atoms with van der Waals surface area (Å²) in [5.41, 5.74) is 0. The van der Waals surface area contributed by atoms with Gasteiger partial charge in [-0.15, -0.1) is 0 Å². The summed E-state index contributed by atoms with van der Waals surface area (Å²) in [6.45, 7) is 0. The predicted octanol–water partition coefficient (Wildman–Crippen LogP) is -0.126. The molecule has 2 rings (SSSR count). The summed E-state index contributed by atoms with van der Waals surface area (Å²) in [6.07, 6.45) is 6.87. The van der Waals surface area contributed by atoms with Gasteiger partial charge in [0.15, 0.2) is 6.39 Å². The second kappa shape index (κ2) is 4.07. The van der Waals surface area contributed by atoms with E-state index in [1.54, 1.807) is 6.20 Å². The number of hydrogen-bond donors (Lipinski definition) is 1. The topological polar surface area (TPSA) is 72.2 Å². The lowest BCUT2D eigenvalue weighted by Crippen LogP contribution is -2.19. The summed E-state index contributed by atoms with van der Waals surface area (Å²) >= 11 is 0. The molecule has 0 fully saturated rings. The molecule has 1 aliphatic heterocycles. The molecule has 2 amide bonds. The average Bonchev–Trinajstić information content (AvgIpc) is 2.63. The van der Waals surface area contributed by atoms with Crippen molar-refractivity contribution in [2.24, 2.45) is 0 Å². The fourth-order valence-corrected chi connectivity index (χ4v) is 0.532. The number of carbonyl (C=O) groups is 2. The van der Waals surface area contributed by atoms with Crippen molar-refractivity contribution in [1.29, 1.82) is 0 Å². The van der Waals surface area contributed by atoms with Gasteiger partial charge in [-0.3, -0.25) is 14.9 Å². The molecule has 0 saturated heterocycles. The van der Waals surface area contributed by atoms with Gasteiger partial charge in [-0.05, 0) is 0 Å². The molecule has 1 aromatic heterocycles. The minimum atomic E-state index is -0.329. The van der Waals surface area contributed by atoms with Crippen molar-refractivity contribution < 1.29 is 14.0 Å². The molecule has 62 valence electrons. The van der Waals surface area contributed by atoms with E-state index in [1.807, 2.05) is 5.32 Å². The highest BCUT2D eigenvalue weighted by Crippen LogP contribution is 1.82. The van der Waals surface area contributed by atoms with Crippen LogP contribution in [0.2, 0.25) is 0 Å². The molecule has 12 heavy (non-hydrogen) atoms. The van der Waals surface area contributed by atoms with Crippen molar-refractivity contribution in [2.75, 3.05) is 0 Å². The Labute approximate surface area is 68.1 Å². The van der Waals surface area contributed by atoms with Crippen molar-refractivity contribution in [3.05, 3.63) is 31.0 Å². The van der Waals surface area contributed by atoms with Gasteiger partial charge in [-0.2, -0.15) is 0 Å². The van der Waals surface area contributed by atoms with Crippen LogP contribution in [0.1, 0.15) is 0 Å². The van der Waals surface area contributed by atoms with Gasteiger partial charge in [0.25, 0.3) is 11.8 Å². The van der Waals surface area contributed by atoms with E-state index in [1.165, 1.54) is 24.8 Å². The van der Waals surface area contributed by atoms with E-state index < -0.39 is 0 Å². The summed E-state index contributed by atoms with van der Waals surface area (Å²) in [6, 6.07) is 0. The summed E-state index contributed by atoms with van der Waals surface area (Å²) < 4.78 is 4.47. The molecule has 0 saturated carbocycles. The van der Waals surface area contributed by atoms with E-state index in [0.717, 1.165) is 0 Å². The Balaban J connectivity index is 0.000000127. The molecule has 5 nitrogen and oxygen atoms in total. The van der Waals surface area contributed by atoms with Crippen LogP contribution >= 0.6 is 0 Å². The lowest BCUT2D eigenvalue weighted by atomic mass is 10.6. The lowest BCUT2D eigenvalue weighted by Gasteiger charge is -1.80. The number of hydrogen-bond acceptors (Lipinski definition) is 4. The molecule has 1 N–H and O–H groups in total.